The van der Waals surface area contributed by atoms with Crippen LogP contribution in [-0.2, 0) is 16.0 Å². The van der Waals surface area contributed by atoms with Crippen LogP contribution < -0.4 is 5.32 Å². The zero-order chi connectivity index (χ0) is 16.1. The lowest BCUT2D eigenvalue weighted by Crippen LogP contribution is -2.39. The summed E-state index contributed by atoms with van der Waals surface area (Å²) in [6.45, 7) is 2.68. The van der Waals surface area contributed by atoms with Crippen LogP contribution in [0.15, 0.2) is 60.7 Å². The summed E-state index contributed by atoms with van der Waals surface area (Å²) in [4.78, 5) is 12.1. The summed E-state index contributed by atoms with van der Waals surface area (Å²) in [6.07, 6.45) is 4.23. The minimum atomic E-state index is -0.104. The molecule has 0 aromatic heterocycles. The third-order valence-corrected chi connectivity index (χ3v) is 4.08. The van der Waals surface area contributed by atoms with E-state index in [1.807, 2.05) is 55.5 Å². The highest BCUT2D eigenvalue weighted by Crippen LogP contribution is 2.29. The standard InChI is InChI=1S/C20H21NO2/c1-15(20-18-10-6-5-9-17(18)13-14-23-20)21-19(22)12-11-16-7-3-2-4-8-16/h2-12,15,20H,13-14H2,1H3,(H,21,22)/t15-,20-/m1/s1. The summed E-state index contributed by atoms with van der Waals surface area (Å²) < 4.78 is 5.89. The van der Waals surface area contributed by atoms with Gasteiger partial charge in [0.2, 0.25) is 5.91 Å². The van der Waals surface area contributed by atoms with Gasteiger partial charge in [-0.15, -0.1) is 0 Å². The van der Waals surface area contributed by atoms with Gasteiger partial charge < -0.3 is 10.1 Å². The first kappa shape index (κ1) is 15.5. The predicted molar refractivity (Wildman–Crippen MR) is 91.9 cm³/mol. The Morgan fingerprint density at radius 1 is 1.17 bits per heavy atom. The van der Waals surface area contributed by atoms with E-state index in [-0.39, 0.29) is 18.1 Å². The number of amides is 1. The van der Waals surface area contributed by atoms with Gasteiger partial charge in [-0.2, -0.15) is 0 Å². The van der Waals surface area contributed by atoms with Crippen LogP contribution in [0.1, 0.15) is 29.7 Å². The number of carbonyl (C=O) groups is 1. The third kappa shape index (κ3) is 3.88. The molecule has 0 radical (unpaired) electrons. The minimum Gasteiger partial charge on any atom is -0.371 e. The van der Waals surface area contributed by atoms with E-state index in [4.69, 9.17) is 4.74 Å². The quantitative estimate of drug-likeness (QED) is 0.878. The normalized spacial score (nSPS) is 18.4. The van der Waals surface area contributed by atoms with Crippen molar-refractivity contribution in [2.24, 2.45) is 0 Å². The number of hydrogen-bond acceptors (Lipinski definition) is 2. The van der Waals surface area contributed by atoms with E-state index < -0.39 is 0 Å². The highest BCUT2D eigenvalue weighted by molar-refractivity contribution is 5.91. The SMILES string of the molecule is C[C@@H](NC(=O)C=Cc1ccccc1)[C@H]1OCCc2ccccc21. The second-order valence-corrected chi connectivity index (χ2v) is 5.78. The summed E-state index contributed by atoms with van der Waals surface area (Å²) in [5, 5.41) is 3.01. The summed E-state index contributed by atoms with van der Waals surface area (Å²) in [5.74, 6) is -0.104. The van der Waals surface area contributed by atoms with Crippen LogP contribution in [0.4, 0.5) is 0 Å². The Balaban J connectivity index is 1.64. The van der Waals surface area contributed by atoms with E-state index in [0.29, 0.717) is 6.61 Å². The van der Waals surface area contributed by atoms with Crippen molar-refractivity contribution >= 4 is 12.0 Å². The Labute approximate surface area is 137 Å². The lowest BCUT2D eigenvalue weighted by molar-refractivity contribution is -0.118. The van der Waals surface area contributed by atoms with Crippen LogP contribution in [0.2, 0.25) is 0 Å². The molecule has 0 fully saturated rings. The molecule has 3 nitrogen and oxygen atoms in total. The summed E-state index contributed by atoms with van der Waals surface area (Å²) in [6, 6.07) is 18.0. The monoisotopic (exact) mass is 307 g/mol. The number of carbonyl (C=O) groups excluding carboxylic acids is 1. The molecule has 0 saturated carbocycles. The molecule has 2 aromatic rings. The van der Waals surface area contributed by atoms with Crippen molar-refractivity contribution in [3.05, 3.63) is 77.4 Å². The van der Waals surface area contributed by atoms with E-state index in [9.17, 15) is 4.79 Å². The molecule has 3 rings (SSSR count). The fraction of sp³-hybridized carbons (Fsp3) is 0.250. The molecule has 0 aliphatic carbocycles. The molecule has 0 unspecified atom stereocenters. The van der Waals surface area contributed by atoms with E-state index >= 15 is 0 Å². The van der Waals surface area contributed by atoms with E-state index in [1.54, 1.807) is 6.08 Å². The van der Waals surface area contributed by atoms with Gasteiger partial charge in [0, 0.05) is 6.08 Å². The first-order valence-electron chi connectivity index (χ1n) is 7.97. The van der Waals surface area contributed by atoms with Gasteiger partial charge in [0.1, 0.15) is 6.10 Å². The smallest absolute Gasteiger partial charge is 0.244 e. The molecule has 0 saturated heterocycles. The number of ether oxygens (including phenoxy) is 1. The van der Waals surface area contributed by atoms with Gasteiger partial charge >= 0.3 is 0 Å². The zero-order valence-electron chi connectivity index (χ0n) is 13.2. The fourth-order valence-corrected chi connectivity index (χ4v) is 2.92. The highest BCUT2D eigenvalue weighted by atomic mass is 16.5. The molecular weight excluding hydrogens is 286 g/mol. The van der Waals surface area contributed by atoms with E-state index in [1.165, 1.54) is 11.1 Å². The van der Waals surface area contributed by atoms with Crippen LogP contribution in [-0.4, -0.2) is 18.6 Å². The van der Waals surface area contributed by atoms with Gasteiger partial charge in [0.15, 0.2) is 0 Å². The molecule has 1 N–H and O–H groups in total. The van der Waals surface area contributed by atoms with Gasteiger partial charge in [0.25, 0.3) is 0 Å². The van der Waals surface area contributed by atoms with Crippen molar-refractivity contribution in [1.82, 2.24) is 5.32 Å². The first-order chi connectivity index (χ1) is 11.2. The lowest BCUT2D eigenvalue weighted by Gasteiger charge is -2.30. The molecule has 1 heterocycles. The average molecular weight is 307 g/mol. The summed E-state index contributed by atoms with van der Waals surface area (Å²) in [5.41, 5.74) is 3.50. The molecule has 118 valence electrons. The van der Waals surface area contributed by atoms with Gasteiger partial charge in [-0.3, -0.25) is 4.79 Å². The maximum Gasteiger partial charge on any atom is 0.244 e. The molecule has 0 spiro atoms. The fourth-order valence-electron chi connectivity index (χ4n) is 2.92. The molecule has 2 aromatic carbocycles. The molecule has 2 atom stereocenters. The number of benzene rings is 2. The van der Waals surface area contributed by atoms with Gasteiger partial charge in [0.05, 0.1) is 12.6 Å². The average Bonchev–Trinajstić information content (AvgIpc) is 2.60. The molecule has 1 amide bonds. The second-order valence-electron chi connectivity index (χ2n) is 5.78. The minimum absolute atomic E-state index is 0.0793. The van der Waals surface area contributed by atoms with Crippen LogP contribution in [0.25, 0.3) is 6.08 Å². The Morgan fingerprint density at radius 3 is 2.74 bits per heavy atom. The highest BCUT2D eigenvalue weighted by Gasteiger charge is 2.26. The lowest BCUT2D eigenvalue weighted by atomic mass is 9.94. The number of hydrogen-bond donors (Lipinski definition) is 1. The maximum absolute atomic E-state index is 12.1. The Morgan fingerprint density at radius 2 is 1.91 bits per heavy atom. The Hall–Kier alpha value is -2.39. The van der Waals surface area contributed by atoms with Crippen LogP contribution in [0.3, 0.4) is 0 Å². The van der Waals surface area contributed by atoms with Crippen molar-refractivity contribution < 1.29 is 9.53 Å². The van der Waals surface area contributed by atoms with Crippen LogP contribution >= 0.6 is 0 Å². The molecule has 1 aliphatic rings. The molecule has 0 bridgehead atoms. The first-order valence-corrected chi connectivity index (χ1v) is 7.97. The van der Waals surface area contributed by atoms with Crippen LogP contribution in [0.5, 0.6) is 0 Å². The summed E-state index contributed by atoms with van der Waals surface area (Å²) >= 11 is 0. The van der Waals surface area contributed by atoms with Crippen molar-refractivity contribution in [3.8, 4) is 0 Å². The zero-order valence-corrected chi connectivity index (χ0v) is 13.2. The topological polar surface area (TPSA) is 38.3 Å². The van der Waals surface area contributed by atoms with Gasteiger partial charge in [-0.1, -0.05) is 54.6 Å². The number of fused-ring (bicyclic) bond motifs is 1. The van der Waals surface area contributed by atoms with Crippen molar-refractivity contribution in [1.29, 1.82) is 0 Å². The van der Waals surface area contributed by atoms with Gasteiger partial charge in [-0.05, 0) is 36.1 Å². The van der Waals surface area contributed by atoms with Crippen LogP contribution in [0, 0.1) is 0 Å². The Kier molecular flexibility index (Phi) is 4.89. The van der Waals surface area contributed by atoms with E-state index in [2.05, 4.69) is 17.4 Å². The van der Waals surface area contributed by atoms with Crippen molar-refractivity contribution in [2.45, 2.75) is 25.5 Å². The van der Waals surface area contributed by atoms with Crippen molar-refractivity contribution in [2.75, 3.05) is 6.61 Å². The number of rotatable bonds is 4. The van der Waals surface area contributed by atoms with E-state index in [0.717, 1.165) is 12.0 Å². The molecule has 1 aliphatic heterocycles. The molecule has 23 heavy (non-hydrogen) atoms. The van der Waals surface area contributed by atoms with Gasteiger partial charge in [-0.25, -0.2) is 0 Å². The largest absolute Gasteiger partial charge is 0.371 e. The summed E-state index contributed by atoms with van der Waals surface area (Å²) in [7, 11) is 0. The maximum atomic E-state index is 12.1. The van der Waals surface area contributed by atoms with Crippen molar-refractivity contribution in [3.63, 3.8) is 0 Å². The molecule has 3 heteroatoms. The second kappa shape index (κ2) is 7.25. The Bertz CT molecular complexity index is 694. The number of nitrogens with one attached hydrogen (secondary N) is 1. The molecular formula is C20H21NO2. The predicted octanol–water partition coefficient (Wildman–Crippen LogP) is 3.52. The third-order valence-electron chi connectivity index (χ3n) is 4.08.